The second-order valence-corrected chi connectivity index (χ2v) is 7.20. The zero-order chi connectivity index (χ0) is 13.1. The van der Waals surface area contributed by atoms with Crippen molar-refractivity contribution >= 4 is 11.8 Å². The molecular weight excluding hydrogens is 250 g/mol. The predicted molar refractivity (Wildman–Crippen MR) is 84.8 cm³/mol. The maximum Gasteiger partial charge on any atom is 0.0210 e. The van der Waals surface area contributed by atoms with Crippen molar-refractivity contribution < 1.29 is 0 Å². The van der Waals surface area contributed by atoms with E-state index < -0.39 is 0 Å². The number of rotatable bonds is 5. The van der Waals surface area contributed by atoms with Crippen LogP contribution in [0.2, 0.25) is 0 Å². The molecule has 0 radical (unpaired) electrons. The average Bonchev–Trinajstić information content (AvgIpc) is 3.30. The van der Waals surface area contributed by atoms with Gasteiger partial charge in [0, 0.05) is 17.8 Å². The summed E-state index contributed by atoms with van der Waals surface area (Å²) in [4.78, 5) is 0. The topological polar surface area (TPSA) is 12.0 Å². The molecule has 1 nitrogen and oxygen atoms in total. The maximum atomic E-state index is 3.80. The van der Waals surface area contributed by atoms with Crippen molar-refractivity contribution in [1.29, 1.82) is 0 Å². The van der Waals surface area contributed by atoms with Crippen molar-refractivity contribution in [2.24, 2.45) is 0 Å². The molecule has 0 atom stereocenters. The van der Waals surface area contributed by atoms with Gasteiger partial charge in [0.2, 0.25) is 0 Å². The summed E-state index contributed by atoms with van der Waals surface area (Å²) in [6.07, 6.45) is 10.6. The van der Waals surface area contributed by atoms with E-state index in [0.717, 1.165) is 23.8 Å². The summed E-state index contributed by atoms with van der Waals surface area (Å²) in [5.41, 5.74) is 3.14. The quantitative estimate of drug-likeness (QED) is 0.858. The predicted octanol–water partition coefficient (Wildman–Crippen LogP) is 4.33. The van der Waals surface area contributed by atoms with Gasteiger partial charge in [0.05, 0.1) is 0 Å². The van der Waals surface area contributed by atoms with Gasteiger partial charge in [-0.3, -0.25) is 0 Å². The Kier molecular flexibility index (Phi) is 4.49. The molecule has 0 aromatic heterocycles. The van der Waals surface area contributed by atoms with Crippen molar-refractivity contribution in [2.75, 3.05) is 6.26 Å². The first-order valence-corrected chi connectivity index (χ1v) is 8.99. The second kappa shape index (κ2) is 6.32. The lowest BCUT2D eigenvalue weighted by molar-refractivity contribution is 0.378. The van der Waals surface area contributed by atoms with E-state index in [1.807, 2.05) is 11.8 Å². The Hall–Kier alpha value is -0.470. The first-order valence-electron chi connectivity index (χ1n) is 7.71. The lowest BCUT2D eigenvalue weighted by Gasteiger charge is -2.28. The summed E-state index contributed by atoms with van der Waals surface area (Å²) in [7, 11) is 0. The van der Waals surface area contributed by atoms with E-state index in [9.17, 15) is 0 Å². The monoisotopic (exact) mass is 275 g/mol. The highest BCUT2D eigenvalue weighted by Crippen LogP contribution is 2.41. The molecule has 0 spiro atoms. The molecule has 2 aliphatic carbocycles. The first-order chi connectivity index (χ1) is 9.36. The lowest BCUT2D eigenvalue weighted by atomic mass is 9.94. The Morgan fingerprint density at radius 3 is 2.47 bits per heavy atom. The van der Waals surface area contributed by atoms with Gasteiger partial charge in [0.15, 0.2) is 0 Å². The van der Waals surface area contributed by atoms with E-state index >= 15 is 0 Å². The SMILES string of the molecule is CSC1CCC(NCc2ccccc2C2CC2)CC1. The Labute approximate surface area is 121 Å². The number of hydrogen-bond acceptors (Lipinski definition) is 2. The normalized spacial score (nSPS) is 27.4. The number of benzene rings is 1. The molecule has 2 saturated carbocycles. The van der Waals surface area contributed by atoms with Gasteiger partial charge in [-0.2, -0.15) is 11.8 Å². The number of thioether (sulfide) groups is 1. The van der Waals surface area contributed by atoms with Gasteiger partial charge in [0.25, 0.3) is 0 Å². The maximum absolute atomic E-state index is 3.80. The summed E-state index contributed by atoms with van der Waals surface area (Å²) in [6, 6.07) is 9.78. The molecule has 3 rings (SSSR count). The largest absolute Gasteiger partial charge is 0.310 e. The van der Waals surface area contributed by atoms with E-state index in [2.05, 4.69) is 35.8 Å². The van der Waals surface area contributed by atoms with Crippen LogP contribution in [0.4, 0.5) is 0 Å². The van der Waals surface area contributed by atoms with E-state index in [-0.39, 0.29) is 0 Å². The highest BCUT2D eigenvalue weighted by atomic mass is 32.2. The Balaban J connectivity index is 1.52. The molecule has 1 N–H and O–H groups in total. The summed E-state index contributed by atoms with van der Waals surface area (Å²) < 4.78 is 0. The first kappa shape index (κ1) is 13.5. The molecule has 1 aromatic carbocycles. The van der Waals surface area contributed by atoms with Crippen LogP contribution in [0.1, 0.15) is 55.6 Å². The van der Waals surface area contributed by atoms with Gasteiger partial charge < -0.3 is 5.32 Å². The molecule has 19 heavy (non-hydrogen) atoms. The van der Waals surface area contributed by atoms with Crippen molar-refractivity contribution in [1.82, 2.24) is 5.32 Å². The van der Waals surface area contributed by atoms with Crippen molar-refractivity contribution in [3.05, 3.63) is 35.4 Å². The van der Waals surface area contributed by atoms with E-state index in [4.69, 9.17) is 0 Å². The van der Waals surface area contributed by atoms with Crippen LogP contribution >= 0.6 is 11.8 Å². The molecule has 0 unspecified atom stereocenters. The molecule has 1 aromatic rings. The van der Waals surface area contributed by atoms with Crippen LogP contribution in [0, 0.1) is 0 Å². The third-order valence-corrected chi connectivity index (χ3v) is 5.80. The van der Waals surface area contributed by atoms with Gasteiger partial charge >= 0.3 is 0 Å². The summed E-state index contributed by atoms with van der Waals surface area (Å²) >= 11 is 2.05. The molecule has 2 fully saturated rings. The van der Waals surface area contributed by atoms with E-state index in [0.29, 0.717) is 0 Å². The van der Waals surface area contributed by atoms with Gasteiger partial charge in [0.1, 0.15) is 0 Å². The fraction of sp³-hybridized carbons (Fsp3) is 0.647. The third-order valence-electron chi connectivity index (χ3n) is 4.66. The summed E-state index contributed by atoms with van der Waals surface area (Å²) in [6.45, 7) is 1.07. The minimum Gasteiger partial charge on any atom is -0.310 e. The van der Waals surface area contributed by atoms with Crippen molar-refractivity contribution in [3.8, 4) is 0 Å². The highest BCUT2D eigenvalue weighted by molar-refractivity contribution is 7.99. The van der Waals surface area contributed by atoms with Crippen LogP contribution in [-0.4, -0.2) is 17.5 Å². The minimum atomic E-state index is 0.746. The molecule has 2 heteroatoms. The Bertz CT molecular complexity index is 405. The van der Waals surface area contributed by atoms with Crippen LogP contribution in [0.15, 0.2) is 24.3 Å². The summed E-state index contributed by atoms with van der Waals surface area (Å²) in [5.74, 6) is 0.866. The molecule has 0 heterocycles. The average molecular weight is 275 g/mol. The fourth-order valence-corrected chi connectivity index (χ4v) is 3.99. The van der Waals surface area contributed by atoms with Crippen LogP contribution < -0.4 is 5.32 Å². The molecule has 0 bridgehead atoms. The number of hydrogen-bond donors (Lipinski definition) is 1. The second-order valence-electron chi connectivity index (χ2n) is 6.06. The third kappa shape index (κ3) is 3.55. The van der Waals surface area contributed by atoms with E-state index in [1.165, 1.54) is 44.1 Å². The Morgan fingerprint density at radius 2 is 1.79 bits per heavy atom. The lowest BCUT2D eigenvalue weighted by Crippen LogP contribution is -2.33. The standard InChI is InChI=1S/C17H25NS/c1-19-16-10-8-15(9-11-16)18-12-14-4-2-3-5-17(14)13-6-7-13/h2-5,13,15-16,18H,6-12H2,1H3. The molecular formula is C17H25NS. The fourth-order valence-electron chi connectivity index (χ4n) is 3.24. The Morgan fingerprint density at radius 1 is 1.05 bits per heavy atom. The van der Waals surface area contributed by atoms with Crippen LogP contribution in [0.25, 0.3) is 0 Å². The summed E-state index contributed by atoms with van der Waals surface area (Å²) in [5, 5.41) is 4.71. The molecule has 0 amide bonds. The van der Waals surface area contributed by atoms with Crippen molar-refractivity contribution in [3.63, 3.8) is 0 Å². The molecule has 0 saturated heterocycles. The smallest absolute Gasteiger partial charge is 0.0210 e. The minimum absolute atomic E-state index is 0.746. The van der Waals surface area contributed by atoms with E-state index in [1.54, 1.807) is 5.56 Å². The van der Waals surface area contributed by atoms with Gasteiger partial charge in [-0.15, -0.1) is 0 Å². The molecule has 2 aliphatic rings. The zero-order valence-electron chi connectivity index (χ0n) is 11.9. The molecule has 104 valence electrons. The van der Waals surface area contributed by atoms with Crippen LogP contribution in [0.3, 0.4) is 0 Å². The molecule has 0 aliphatic heterocycles. The zero-order valence-corrected chi connectivity index (χ0v) is 12.7. The van der Waals surface area contributed by atoms with Gasteiger partial charge in [-0.05, 0) is 61.8 Å². The van der Waals surface area contributed by atoms with Gasteiger partial charge in [-0.1, -0.05) is 24.3 Å². The van der Waals surface area contributed by atoms with Crippen LogP contribution in [-0.2, 0) is 6.54 Å². The van der Waals surface area contributed by atoms with Crippen LogP contribution in [0.5, 0.6) is 0 Å². The highest BCUT2D eigenvalue weighted by Gasteiger charge is 2.26. The van der Waals surface area contributed by atoms with Crippen molar-refractivity contribution in [2.45, 2.75) is 62.3 Å². The van der Waals surface area contributed by atoms with Gasteiger partial charge in [-0.25, -0.2) is 0 Å². The number of nitrogens with one attached hydrogen (secondary N) is 1.